The van der Waals surface area contributed by atoms with E-state index in [-0.39, 0.29) is 18.0 Å². The van der Waals surface area contributed by atoms with Crippen molar-refractivity contribution in [2.24, 2.45) is 13.0 Å². The van der Waals surface area contributed by atoms with E-state index in [9.17, 15) is 0 Å². The van der Waals surface area contributed by atoms with Gasteiger partial charge in [0.2, 0.25) is 0 Å². The van der Waals surface area contributed by atoms with E-state index >= 15 is 0 Å². The van der Waals surface area contributed by atoms with Crippen molar-refractivity contribution >= 4 is 88.0 Å². The number of anilines is 2. The third kappa shape index (κ3) is 7.10. The molecule has 4 heteroatoms. The smallest absolute Gasteiger partial charge is 0.0736 e. The van der Waals surface area contributed by atoms with Crippen molar-refractivity contribution in [1.82, 2.24) is 14.0 Å². The fraction of sp³-hybridized carbons (Fsp3) is 0.0976. The first kappa shape index (κ1) is 49.0. The van der Waals surface area contributed by atoms with Crippen LogP contribution >= 0.6 is 0 Å². The molecule has 0 fully saturated rings. The van der Waals surface area contributed by atoms with Crippen LogP contribution in [0.2, 0.25) is 0 Å². The molecule has 408 valence electrons. The Balaban J connectivity index is 0.774. The summed E-state index contributed by atoms with van der Waals surface area (Å²) in [5, 5.41) is 9.17. The van der Waals surface area contributed by atoms with Crippen molar-refractivity contribution in [3.05, 3.63) is 307 Å². The molecule has 0 radical (unpaired) electrons. The Bertz CT molecular complexity index is 5030. The molecule has 0 spiro atoms. The first-order chi connectivity index (χ1) is 42.6. The lowest BCUT2D eigenvalue weighted by atomic mass is 9.81. The minimum Gasteiger partial charge on any atom is -0.365 e. The number of allylic oxidation sites excluding steroid dienone is 6. The fourth-order valence-corrected chi connectivity index (χ4v) is 16.1. The normalized spacial score (nSPS) is 17.8. The highest BCUT2D eigenvalue weighted by Gasteiger charge is 2.42. The number of nitrogens with zero attached hydrogens (tertiary/aromatic N) is 4. The average Bonchev–Trinajstić information content (AvgIpc) is 1.63. The summed E-state index contributed by atoms with van der Waals surface area (Å²) in [7, 11) is 4.59. The number of aromatic nitrogens is 2. The van der Waals surface area contributed by atoms with Crippen LogP contribution in [0, 0.1) is 5.92 Å². The monoisotopic (exact) mass is 1100 g/mol. The molecular weight excluding hydrogens is 1040 g/mol. The van der Waals surface area contributed by atoms with Gasteiger partial charge in [-0.25, -0.2) is 0 Å². The van der Waals surface area contributed by atoms with Gasteiger partial charge in [0.25, 0.3) is 0 Å². The van der Waals surface area contributed by atoms with Gasteiger partial charge in [-0.1, -0.05) is 225 Å². The Hall–Kier alpha value is -10.4. The lowest BCUT2D eigenvalue weighted by Crippen LogP contribution is -2.29. The van der Waals surface area contributed by atoms with E-state index < -0.39 is 0 Å². The highest BCUT2D eigenvalue weighted by molar-refractivity contribution is 6.29. The van der Waals surface area contributed by atoms with Crippen molar-refractivity contribution in [1.29, 1.82) is 0 Å². The van der Waals surface area contributed by atoms with Crippen LogP contribution in [-0.2, 0) is 7.05 Å². The van der Waals surface area contributed by atoms with Crippen LogP contribution in [0.4, 0.5) is 11.4 Å². The van der Waals surface area contributed by atoms with Gasteiger partial charge in [0.1, 0.15) is 0 Å². The van der Waals surface area contributed by atoms with Crippen molar-refractivity contribution in [2.75, 3.05) is 11.9 Å². The molecule has 13 aromatic rings. The van der Waals surface area contributed by atoms with Crippen molar-refractivity contribution < 1.29 is 0 Å². The molecule has 0 saturated carbocycles. The number of hydrogen-bond donors (Lipinski definition) is 0. The third-order valence-electron chi connectivity index (χ3n) is 19.8. The first-order valence-corrected chi connectivity index (χ1v) is 30.6. The zero-order valence-corrected chi connectivity index (χ0v) is 48.1. The van der Waals surface area contributed by atoms with Gasteiger partial charge in [-0.2, -0.15) is 0 Å². The SMILES string of the molecule is CN1C(c2c(-c3ccc(-n4c5ccc(-c6ccccc6)c6ccc7c(-c8ccccc8)ccc4c7c65)cc3)c3ccccc3n2C)=C(c2ccc(N3c4ccc(C5=CC=CCC5)c5ccc6c(c45)C3CC=C6c3ccccc3)cc2)C2C=CC=CC21. The maximum absolute atomic E-state index is 2.65. The maximum Gasteiger partial charge on any atom is 0.0736 e. The fourth-order valence-electron chi connectivity index (χ4n) is 16.1. The van der Waals surface area contributed by atoms with Crippen LogP contribution in [0.15, 0.2) is 273 Å². The molecule has 18 rings (SSSR count). The molecule has 3 aliphatic carbocycles. The molecule has 0 bridgehead atoms. The Morgan fingerprint density at radius 3 is 1.72 bits per heavy atom. The summed E-state index contributed by atoms with van der Waals surface area (Å²) >= 11 is 0. The van der Waals surface area contributed by atoms with E-state index in [0.717, 1.165) is 24.9 Å². The highest BCUT2D eigenvalue weighted by Crippen LogP contribution is 2.57. The highest BCUT2D eigenvalue weighted by atomic mass is 15.2. The summed E-state index contributed by atoms with van der Waals surface area (Å²) in [6.07, 6.45) is 21.8. The summed E-state index contributed by atoms with van der Waals surface area (Å²) in [4.78, 5) is 5.21. The number of benzene rings is 11. The molecule has 4 nitrogen and oxygen atoms in total. The zero-order chi connectivity index (χ0) is 56.7. The van der Waals surface area contributed by atoms with E-state index in [2.05, 4.69) is 306 Å². The van der Waals surface area contributed by atoms with Crippen LogP contribution in [0.5, 0.6) is 0 Å². The number of likely N-dealkylation sites (N-methyl/N-ethyl adjacent to an activating group) is 1. The van der Waals surface area contributed by atoms with E-state index in [4.69, 9.17) is 0 Å². The molecule has 4 heterocycles. The van der Waals surface area contributed by atoms with Gasteiger partial charge in [0.05, 0.1) is 40.2 Å². The second kappa shape index (κ2) is 19.1. The van der Waals surface area contributed by atoms with E-state index in [0.29, 0.717) is 0 Å². The summed E-state index contributed by atoms with van der Waals surface area (Å²) < 4.78 is 4.96. The molecule has 2 aliphatic heterocycles. The molecule has 3 unspecified atom stereocenters. The Morgan fingerprint density at radius 2 is 1.03 bits per heavy atom. The maximum atomic E-state index is 2.65. The van der Waals surface area contributed by atoms with Gasteiger partial charge in [-0.15, -0.1) is 0 Å². The average molecular weight is 1100 g/mol. The zero-order valence-electron chi connectivity index (χ0n) is 48.1. The van der Waals surface area contributed by atoms with E-state index in [1.807, 2.05) is 0 Å². The van der Waals surface area contributed by atoms with Crippen LogP contribution < -0.4 is 4.90 Å². The first-order valence-electron chi connectivity index (χ1n) is 30.6. The molecule has 2 aromatic heterocycles. The van der Waals surface area contributed by atoms with Crippen LogP contribution in [0.1, 0.15) is 58.8 Å². The largest absolute Gasteiger partial charge is 0.365 e. The molecule has 0 N–H and O–H groups in total. The topological polar surface area (TPSA) is 16.3 Å². The van der Waals surface area contributed by atoms with Crippen LogP contribution in [0.3, 0.4) is 0 Å². The molecule has 3 atom stereocenters. The van der Waals surface area contributed by atoms with Crippen molar-refractivity contribution in [3.63, 3.8) is 0 Å². The standard InChI is InChI=1S/C82H60N4/c1-83-69-29-17-15-27-67(69)75(55-31-35-57(36-32-55)85-71-47-43-59(51-19-7-3-8-20-51)63-39-40-64-60(52-21-9-4-10-22-52)44-48-72(85)78(64)77(63)71)81(83)82-76(68-28-16-18-30-70(68)84(82)2)56-33-37-58(38-34-56)86-73-49-45-61(53-23-11-5-12-24-53)65-41-42-66-62(54-25-13-6-14-26-54)46-50-74(86)80(66)79(65)73/h3-13,15-25,27-48,50,68,70,73H,14,26,49H2,1-2H3. The van der Waals surface area contributed by atoms with Gasteiger partial charge in [-0.05, 0) is 156 Å². The van der Waals surface area contributed by atoms with Gasteiger partial charge in [0.15, 0.2) is 0 Å². The number of aryl methyl sites for hydroxylation is 1. The van der Waals surface area contributed by atoms with Gasteiger partial charge in [0, 0.05) is 64.0 Å². The quantitative estimate of drug-likeness (QED) is 0.134. The summed E-state index contributed by atoms with van der Waals surface area (Å²) in [5.41, 5.74) is 28.1. The Kier molecular flexibility index (Phi) is 10.9. The summed E-state index contributed by atoms with van der Waals surface area (Å²) in [6, 6.07) is 84.9. The molecule has 0 saturated heterocycles. The lowest BCUT2D eigenvalue weighted by molar-refractivity contribution is 0.395. The van der Waals surface area contributed by atoms with Gasteiger partial charge >= 0.3 is 0 Å². The molecular formula is C82H60N4. The lowest BCUT2D eigenvalue weighted by Gasteiger charge is -2.32. The number of hydrogen-bond acceptors (Lipinski definition) is 2. The second-order valence-corrected chi connectivity index (χ2v) is 24.1. The predicted octanol–water partition coefficient (Wildman–Crippen LogP) is 20.7. The van der Waals surface area contributed by atoms with Crippen molar-refractivity contribution in [3.8, 4) is 39.1 Å². The molecule has 86 heavy (non-hydrogen) atoms. The van der Waals surface area contributed by atoms with E-state index in [1.165, 1.54) is 155 Å². The third-order valence-corrected chi connectivity index (χ3v) is 19.8. The summed E-state index contributed by atoms with van der Waals surface area (Å²) in [5.74, 6) is 0.167. The van der Waals surface area contributed by atoms with Crippen LogP contribution in [0.25, 0.3) is 116 Å². The van der Waals surface area contributed by atoms with Gasteiger partial charge < -0.3 is 18.9 Å². The number of para-hydroxylation sites is 1. The molecule has 5 aliphatic rings. The summed E-state index contributed by atoms with van der Waals surface area (Å²) in [6.45, 7) is 0. The van der Waals surface area contributed by atoms with Crippen molar-refractivity contribution in [2.45, 2.75) is 31.3 Å². The molecule has 0 amide bonds. The minimum atomic E-state index is 0.167. The Morgan fingerprint density at radius 1 is 0.442 bits per heavy atom. The van der Waals surface area contributed by atoms with Gasteiger partial charge in [-0.3, -0.25) is 0 Å². The number of rotatable bonds is 9. The van der Waals surface area contributed by atoms with Crippen LogP contribution in [-0.4, -0.2) is 27.1 Å². The second-order valence-electron chi connectivity index (χ2n) is 24.1. The molecule has 11 aromatic carbocycles. The predicted molar refractivity (Wildman–Crippen MR) is 362 cm³/mol. The minimum absolute atomic E-state index is 0.167. The Labute approximate surface area is 501 Å². The number of fused-ring (bicyclic) bond motifs is 2. The van der Waals surface area contributed by atoms with E-state index in [1.54, 1.807) is 0 Å².